The Morgan fingerprint density at radius 2 is 1.81 bits per heavy atom. The molecule has 1 aromatic heterocycles. The quantitative estimate of drug-likeness (QED) is 0.638. The van der Waals surface area contributed by atoms with E-state index in [4.69, 9.17) is 4.74 Å². The Kier molecular flexibility index (Phi) is 6.03. The maximum absolute atomic E-state index is 12.3. The lowest BCUT2D eigenvalue weighted by atomic mass is 10.2. The first kappa shape index (κ1) is 18.6. The molecule has 0 saturated carbocycles. The van der Waals surface area contributed by atoms with E-state index in [9.17, 15) is 8.42 Å². The zero-order chi connectivity index (χ0) is 18.4. The summed E-state index contributed by atoms with van der Waals surface area (Å²) in [5.41, 5.74) is 1.98. The molecule has 136 valence electrons. The van der Waals surface area contributed by atoms with E-state index in [0.717, 1.165) is 16.3 Å². The van der Waals surface area contributed by atoms with E-state index in [1.807, 2.05) is 42.6 Å². The molecular formula is C19H20N2O3S2. The van der Waals surface area contributed by atoms with Gasteiger partial charge in [0.2, 0.25) is 10.0 Å². The smallest absolute Gasteiger partial charge is 0.240 e. The van der Waals surface area contributed by atoms with Crippen molar-refractivity contribution in [1.82, 2.24) is 9.71 Å². The second-order valence-electron chi connectivity index (χ2n) is 5.54. The van der Waals surface area contributed by atoms with E-state index in [1.165, 1.54) is 11.3 Å². The van der Waals surface area contributed by atoms with Gasteiger partial charge in [0.15, 0.2) is 0 Å². The minimum atomic E-state index is -3.54. The maximum atomic E-state index is 12.3. The van der Waals surface area contributed by atoms with E-state index in [-0.39, 0.29) is 4.90 Å². The standard InChI is InChI=1S/C19H20N2O3S2/c1-2-24-16-8-10-17(11-9-16)26(22,23)20-13-12-19-21-18(14-25-19)15-6-4-3-5-7-15/h3-11,14,20H,2,12-13H2,1H3. The van der Waals surface area contributed by atoms with Crippen molar-refractivity contribution in [2.45, 2.75) is 18.2 Å². The molecule has 0 aliphatic rings. The van der Waals surface area contributed by atoms with Crippen LogP contribution in [0.25, 0.3) is 11.3 Å². The van der Waals surface area contributed by atoms with Crippen LogP contribution in [-0.2, 0) is 16.4 Å². The molecule has 0 unspecified atom stereocenters. The first-order valence-electron chi connectivity index (χ1n) is 8.31. The normalized spacial score (nSPS) is 11.4. The molecule has 0 spiro atoms. The van der Waals surface area contributed by atoms with Crippen LogP contribution in [0.5, 0.6) is 5.75 Å². The number of rotatable bonds is 8. The third-order valence-corrected chi connectivity index (χ3v) is 6.08. The molecule has 0 aliphatic carbocycles. The van der Waals surface area contributed by atoms with E-state index in [0.29, 0.717) is 25.3 Å². The Bertz CT molecular complexity index is 936. The van der Waals surface area contributed by atoms with Gasteiger partial charge in [0.05, 0.1) is 22.2 Å². The molecule has 0 fully saturated rings. The molecule has 0 atom stereocenters. The summed E-state index contributed by atoms with van der Waals surface area (Å²) in [7, 11) is -3.54. The van der Waals surface area contributed by atoms with Gasteiger partial charge in [-0.15, -0.1) is 11.3 Å². The van der Waals surface area contributed by atoms with Gasteiger partial charge in [-0.3, -0.25) is 0 Å². The number of nitrogens with zero attached hydrogens (tertiary/aromatic N) is 1. The number of aromatic nitrogens is 1. The number of nitrogens with one attached hydrogen (secondary N) is 1. The van der Waals surface area contributed by atoms with Crippen molar-refractivity contribution in [1.29, 1.82) is 0 Å². The Balaban J connectivity index is 1.58. The number of sulfonamides is 1. The van der Waals surface area contributed by atoms with Crippen LogP contribution in [0.1, 0.15) is 11.9 Å². The zero-order valence-electron chi connectivity index (χ0n) is 14.4. The Morgan fingerprint density at radius 1 is 1.08 bits per heavy atom. The highest BCUT2D eigenvalue weighted by Gasteiger charge is 2.14. The predicted octanol–water partition coefficient (Wildman–Crippen LogP) is 3.73. The highest BCUT2D eigenvalue weighted by atomic mass is 32.2. The minimum Gasteiger partial charge on any atom is -0.494 e. The Hall–Kier alpha value is -2.22. The predicted molar refractivity (Wildman–Crippen MR) is 104 cm³/mol. The van der Waals surface area contributed by atoms with Crippen LogP contribution >= 0.6 is 11.3 Å². The van der Waals surface area contributed by atoms with Gasteiger partial charge >= 0.3 is 0 Å². The third-order valence-electron chi connectivity index (χ3n) is 3.70. The molecule has 3 rings (SSSR count). The molecular weight excluding hydrogens is 368 g/mol. The molecule has 7 heteroatoms. The van der Waals surface area contributed by atoms with Crippen molar-refractivity contribution >= 4 is 21.4 Å². The number of benzene rings is 2. The fourth-order valence-electron chi connectivity index (χ4n) is 2.42. The van der Waals surface area contributed by atoms with Gasteiger partial charge in [0, 0.05) is 23.9 Å². The second-order valence-corrected chi connectivity index (χ2v) is 8.25. The molecule has 1 heterocycles. The van der Waals surface area contributed by atoms with Gasteiger partial charge in [-0.25, -0.2) is 18.1 Å². The fourth-order valence-corrected chi connectivity index (χ4v) is 4.26. The van der Waals surface area contributed by atoms with Gasteiger partial charge in [-0.2, -0.15) is 0 Å². The largest absolute Gasteiger partial charge is 0.494 e. The summed E-state index contributed by atoms with van der Waals surface area (Å²) >= 11 is 1.54. The number of ether oxygens (including phenoxy) is 1. The van der Waals surface area contributed by atoms with Crippen LogP contribution in [-0.4, -0.2) is 26.6 Å². The lowest BCUT2D eigenvalue weighted by Gasteiger charge is -2.07. The van der Waals surface area contributed by atoms with Crippen molar-refractivity contribution in [2.24, 2.45) is 0 Å². The van der Waals surface area contributed by atoms with Crippen LogP contribution in [0, 0.1) is 0 Å². The van der Waals surface area contributed by atoms with Crippen molar-refractivity contribution < 1.29 is 13.2 Å². The van der Waals surface area contributed by atoms with E-state index >= 15 is 0 Å². The molecule has 0 bridgehead atoms. The summed E-state index contributed by atoms with van der Waals surface area (Å²) in [4.78, 5) is 4.80. The van der Waals surface area contributed by atoms with Gasteiger partial charge in [0.1, 0.15) is 5.75 Å². The Labute approximate surface area is 157 Å². The molecule has 5 nitrogen and oxygen atoms in total. The fraction of sp³-hybridized carbons (Fsp3) is 0.211. The van der Waals surface area contributed by atoms with E-state index in [2.05, 4.69) is 9.71 Å². The number of hydrogen-bond donors (Lipinski definition) is 1. The molecule has 26 heavy (non-hydrogen) atoms. The van der Waals surface area contributed by atoms with E-state index < -0.39 is 10.0 Å². The van der Waals surface area contributed by atoms with Crippen molar-refractivity contribution in [3.63, 3.8) is 0 Å². The molecule has 0 saturated heterocycles. The van der Waals surface area contributed by atoms with Gasteiger partial charge in [0.25, 0.3) is 0 Å². The number of hydrogen-bond acceptors (Lipinski definition) is 5. The average molecular weight is 389 g/mol. The summed E-state index contributed by atoms with van der Waals surface area (Å²) in [6.45, 7) is 2.73. The van der Waals surface area contributed by atoms with Crippen LogP contribution in [0.3, 0.4) is 0 Å². The maximum Gasteiger partial charge on any atom is 0.240 e. The summed E-state index contributed by atoms with van der Waals surface area (Å²) in [6, 6.07) is 16.3. The molecule has 0 radical (unpaired) electrons. The average Bonchev–Trinajstić information content (AvgIpc) is 3.12. The third kappa shape index (κ3) is 4.69. The minimum absolute atomic E-state index is 0.227. The second kappa shape index (κ2) is 8.44. The molecule has 2 aromatic carbocycles. The van der Waals surface area contributed by atoms with Gasteiger partial charge < -0.3 is 4.74 Å². The highest BCUT2D eigenvalue weighted by molar-refractivity contribution is 7.89. The summed E-state index contributed by atoms with van der Waals surface area (Å²) in [5, 5.41) is 2.89. The van der Waals surface area contributed by atoms with Crippen molar-refractivity contribution in [3.8, 4) is 17.0 Å². The van der Waals surface area contributed by atoms with Crippen LogP contribution in [0.15, 0.2) is 64.9 Å². The van der Waals surface area contributed by atoms with Crippen LogP contribution < -0.4 is 9.46 Å². The first-order chi connectivity index (χ1) is 12.6. The molecule has 3 aromatic rings. The molecule has 0 amide bonds. The van der Waals surface area contributed by atoms with Gasteiger partial charge in [-0.1, -0.05) is 30.3 Å². The van der Waals surface area contributed by atoms with Crippen LogP contribution in [0.2, 0.25) is 0 Å². The monoisotopic (exact) mass is 388 g/mol. The lowest BCUT2D eigenvalue weighted by Crippen LogP contribution is -2.25. The van der Waals surface area contributed by atoms with Crippen LogP contribution in [0.4, 0.5) is 0 Å². The summed E-state index contributed by atoms with van der Waals surface area (Å²) in [5.74, 6) is 0.655. The summed E-state index contributed by atoms with van der Waals surface area (Å²) in [6.07, 6.45) is 0.549. The summed E-state index contributed by atoms with van der Waals surface area (Å²) < 4.78 is 32.7. The lowest BCUT2D eigenvalue weighted by molar-refractivity contribution is 0.340. The zero-order valence-corrected chi connectivity index (χ0v) is 16.0. The number of thiazole rings is 1. The topological polar surface area (TPSA) is 68.3 Å². The van der Waals surface area contributed by atoms with Crippen molar-refractivity contribution in [3.05, 3.63) is 65.0 Å². The molecule has 1 N–H and O–H groups in total. The molecule has 0 aliphatic heterocycles. The SMILES string of the molecule is CCOc1ccc(S(=O)(=O)NCCc2nc(-c3ccccc3)cs2)cc1. The highest BCUT2D eigenvalue weighted by Crippen LogP contribution is 2.22. The van der Waals surface area contributed by atoms with Crippen molar-refractivity contribution in [2.75, 3.05) is 13.2 Å². The first-order valence-corrected chi connectivity index (χ1v) is 10.7. The van der Waals surface area contributed by atoms with E-state index in [1.54, 1.807) is 24.3 Å². The van der Waals surface area contributed by atoms with Gasteiger partial charge in [-0.05, 0) is 31.2 Å². The Morgan fingerprint density at radius 3 is 2.50 bits per heavy atom.